The standard InChI is InChI=1S/C20H22N4O2S/c1-27-16-6-4-5-14(13-16)21-19(25)23-11-9-15(10-12-23)24-18-8-3-2-7-17(18)22-20(24)26/h2-8,13,15H,9-12H2,1H3,(H,21,25)(H,22,26). The van der Waals surface area contributed by atoms with Gasteiger partial charge in [-0.05, 0) is 49.4 Å². The lowest BCUT2D eigenvalue weighted by Gasteiger charge is -2.32. The number of H-pyrrole nitrogens is 1. The first-order valence-corrected chi connectivity index (χ1v) is 10.3. The number of anilines is 1. The number of thioether (sulfide) groups is 1. The molecule has 2 N–H and O–H groups in total. The Morgan fingerprint density at radius 2 is 1.93 bits per heavy atom. The molecule has 0 atom stereocenters. The first-order chi connectivity index (χ1) is 13.2. The molecule has 2 amide bonds. The van der Waals surface area contributed by atoms with Gasteiger partial charge in [0.2, 0.25) is 0 Å². The van der Waals surface area contributed by atoms with Gasteiger partial charge in [0.05, 0.1) is 11.0 Å². The van der Waals surface area contributed by atoms with E-state index in [1.165, 1.54) is 0 Å². The van der Waals surface area contributed by atoms with E-state index >= 15 is 0 Å². The third kappa shape index (κ3) is 3.60. The van der Waals surface area contributed by atoms with Crippen LogP contribution in [0.15, 0.2) is 58.2 Å². The summed E-state index contributed by atoms with van der Waals surface area (Å²) >= 11 is 1.65. The number of benzene rings is 2. The minimum absolute atomic E-state index is 0.0759. The molecule has 140 valence electrons. The highest BCUT2D eigenvalue weighted by atomic mass is 32.2. The number of carbonyl (C=O) groups is 1. The quantitative estimate of drug-likeness (QED) is 0.675. The number of imidazole rings is 1. The van der Waals surface area contributed by atoms with Crippen molar-refractivity contribution in [1.29, 1.82) is 0 Å². The van der Waals surface area contributed by atoms with Crippen molar-refractivity contribution >= 4 is 34.5 Å². The Hall–Kier alpha value is -2.67. The smallest absolute Gasteiger partial charge is 0.324 e. The van der Waals surface area contributed by atoms with Crippen LogP contribution in [0.25, 0.3) is 11.0 Å². The fourth-order valence-corrected chi connectivity index (χ4v) is 4.13. The average Bonchev–Trinajstić information content (AvgIpc) is 3.04. The number of para-hydroxylation sites is 2. The Bertz CT molecular complexity index is 1020. The number of nitrogens with zero attached hydrogens (tertiary/aromatic N) is 2. The summed E-state index contributed by atoms with van der Waals surface area (Å²) in [5, 5.41) is 2.98. The van der Waals surface area contributed by atoms with E-state index in [4.69, 9.17) is 0 Å². The predicted molar refractivity (Wildman–Crippen MR) is 110 cm³/mol. The molecule has 1 fully saturated rings. The van der Waals surface area contributed by atoms with Crippen LogP contribution in [0.3, 0.4) is 0 Å². The number of fused-ring (bicyclic) bond motifs is 1. The van der Waals surface area contributed by atoms with Crippen molar-refractivity contribution in [2.24, 2.45) is 0 Å². The number of carbonyl (C=O) groups excluding carboxylic acids is 1. The number of likely N-dealkylation sites (tertiary alicyclic amines) is 1. The second-order valence-corrected chi connectivity index (χ2v) is 7.58. The van der Waals surface area contributed by atoms with E-state index in [-0.39, 0.29) is 17.8 Å². The van der Waals surface area contributed by atoms with Gasteiger partial charge in [0, 0.05) is 29.7 Å². The fraction of sp³-hybridized carbons (Fsp3) is 0.300. The van der Waals surface area contributed by atoms with Gasteiger partial charge in [-0.2, -0.15) is 0 Å². The highest BCUT2D eigenvalue weighted by Crippen LogP contribution is 2.25. The number of hydrogen-bond acceptors (Lipinski definition) is 3. The maximum absolute atomic E-state index is 12.6. The third-order valence-electron chi connectivity index (χ3n) is 5.06. The van der Waals surface area contributed by atoms with Gasteiger partial charge in [0.1, 0.15) is 0 Å². The summed E-state index contributed by atoms with van der Waals surface area (Å²) < 4.78 is 1.84. The monoisotopic (exact) mass is 382 g/mol. The lowest BCUT2D eigenvalue weighted by atomic mass is 10.0. The van der Waals surface area contributed by atoms with Crippen LogP contribution in [-0.4, -0.2) is 39.8 Å². The second kappa shape index (κ2) is 7.52. The van der Waals surface area contributed by atoms with Gasteiger partial charge in [-0.15, -0.1) is 11.8 Å². The van der Waals surface area contributed by atoms with E-state index in [1.807, 2.05) is 64.3 Å². The van der Waals surface area contributed by atoms with Crippen LogP contribution in [0.5, 0.6) is 0 Å². The molecule has 1 aromatic heterocycles. The minimum atomic E-state index is -0.0852. The number of aromatic nitrogens is 2. The van der Waals surface area contributed by atoms with Gasteiger partial charge in [0.25, 0.3) is 0 Å². The van der Waals surface area contributed by atoms with E-state index < -0.39 is 0 Å². The van der Waals surface area contributed by atoms with E-state index in [9.17, 15) is 9.59 Å². The van der Waals surface area contributed by atoms with Crippen molar-refractivity contribution in [1.82, 2.24) is 14.5 Å². The zero-order valence-corrected chi connectivity index (χ0v) is 16.0. The molecular weight excluding hydrogens is 360 g/mol. The summed E-state index contributed by atoms with van der Waals surface area (Å²) in [6, 6.07) is 15.6. The molecule has 27 heavy (non-hydrogen) atoms. The summed E-state index contributed by atoms with van der Waals surface area (Å²) in [5.74, 6) is 0. The van der Waals surface area contributed by atoms with E-state index in [2.05, 4.69) is 10.3 Å². The van der Waals surface area contributed by atoms with E-state index in [0.29, 0.717) is 13.1 Å². The summed E-state index contributed by atoms with van der Waals surface area (Å²) in [5.41, 5.74) is 2.52. The molecule has 0 bridgehead atoms. The number of amides is 2. The van der Waals surface area contributed by atoms with Crippen LogP contribution in [-0.2, 0) is 0 Å². The largest absolute Gasteiger partial charge is 0.326 e. The minimum Gasteiger partial charge on any atom is -0.324 e. The number of urea groups is 1. The maximum Gasteiger partial charge on any atom is 0.326 e. The van der Waals surface area contributed by atoms with Crippen LogP contribution in [0.1, 0.15) is 18.9 Å². The number of nitrogens with one attached hydrogen (secondary N) is 2. The van der Waals surface area contributed by atoms with E-state index in [1.54, 1.807) is 11.8 Å². The van der Waals surface area contributed by atoms with Gasteiger partial charge < -0.3 is 15.2 Å². The molecule has 0 radical (unpaired) electrons. The first-order valence-electron chi connectivity index (χ1n) is 9.05. The Kier molecular flexibility index (Phi) is 4.94. The highest BCUT2D eigenvalue weighted by Gasteiger charge is 2.26. The SMILES string of the molecule is CSc1cccc(NC(=O)N2CCC(n3c(=O)[nH]c4ccccc43)CC2)c1. The van der Waals surface area contributed by atoms with Gasteiger partial charge in [-0.3, -0.25) is 4.57 Å². The van der Waals surface area contributed by atoms with Crippen LogP contribution in [0, 0.1) is 0 Å². The van der Waals surface area contributed by atoms with Crippen molar-refractivity contribution in [3.05, 3.63) is 59.0 Å². The molecule has 2 aromatic carbocycles. The van der Waals surface area contributed by atoms with Crippen LogP contribution in [0.2, 0.25) is 0 Å². The molecule has 0 saturated carbocycles. The van der Waals surface area contributed by atoms with Crippen molar-refractivity contribution in [2.75, 3.05) is 24.7 Å². The van der Waals surface area contributed by atoms with Crippen molar-refractivity contribution in [3.63, 3.8) is 0 Å². The predicted octanol–water partition coefficient (Wildman–Crippen LogP) is 3.92. The molecule has 1 aliphatic heterocycles. The van der Waals surface area contributed by atoms with Crippen LogP contribution >= 0.6 is 11.8 Å². The van der Waals surface area contributed by atoms with Gasteiger partial charge in [-0.25, -0.2) is 9.59 Å². The van der Waals surface area contributed by atoms with Crippen LogP contribution in [0.4, 0.5) is 10.5 Å². The summed E-state index contributed by atoms with van der Waals surface area (Å²) in [6.45, 7) is 1.26. The number of hydrogen-bond donors (Lipinski definition) is 2. The molecular formula is C20H22N4O2S. The molecule has 2 heterocycles. The van der Waals surface area contributed by atoms with E-state index in [0.717, 1.165) is 34.5 Å². The topological polar surface area (TPSA) is 70.1 Å². The Labute approximate surface area is 161 Å². The molecule has 0 spiro atoms. The molecule has 3 aromatic rings. The molecule has 1 saturated heterocycles. The Balaban J connectivity index is 1.43. The lowest BCUT2D eigenvalue weighted by Crippen LogP contribution is -2.42. The first kappa shape index (κ1) is 17.7. The maximum atomic E-state index is 12.6. The molecule has 0 aliphatic carbocycles. The molecule has 0 unspecified atom stereocenters. The van der Waals surface area contributed by atoms with Crippen molar-refractivity contribution in [3.8, 4) is 0 Å². The highest BCUT2D eigenvalue weighted by molar-refractivity contribution is 7.98. The Morgan fingerprint density at radius 3 is 2.70 bits per heavy atom. The van der Waals surface area contributed by atoms with Crippen molar-refractivity contribution < 1.29 is 4.79 Å². The fourth-order valence-electron chi connectivity index (χ4n) is 3.67. The number of rotatable bonds is 3. The second-order valence-electron chi connectivity index (χ2n) is 6.70. The summed E-state index contributed by atoms with van der Waals surface area (Å²) in [4.78, 5) is 30.8. The average molecular weight is 382 g/mol. The van der Waals surface area contributed by atoms with Gasteiger partial charge >= 0.3 is 11.7 Å². The molecule has 4 rings (SSSR count). The van der Waals surface area contributed by atoms with Crippen LogP contribution < -0.4 is 11.0 Å². The number of aromatic amines is 1. The van der Waals surface area contributed by atoms with Gasteiger partial charge in [0.15, 0.2) is 0 Å². The molecule has 6 nitrogen and oxygen atoms in total. The molecule has 7 heteroatoms. The third-order valence-corrected chi connectivity index (χ3v) is 5.79. The lowest BCUT2D eigenvalue weighted by molar-refractivity contribution is 0.184. The zero-order valence-electron chi connectivity index (χ0n) is 15.1. The summed E-state index contributed by atoms with van der Waals surface area (Å²) in [7, 11) is 0. The Morgan fingerprint density at radius 1 is 1.15 bits per heavy atom. The normalized spacial score (nSPS) is 15.2. The van der Waals surface area contributed by atoms with Gasteiger partial charge in [-0.1, -0.05) is 18.2 Å². The van der Waals surface area contributed by atoms with Crippen molar-refractivity contribution in [2.45, 2.75) is 23.8 Å². The summed E-state index contributed by atoms with van der Waals surface area (Å²) in [6.07, 6.45) is 3.54. The molecule has 1 aliphatic rings. The number of piperidine rings is 1. The zero-order chi connectivity index (χ0) is 18.8.